The summed E-state index contributed by atoms with van der Waals surface area (Å²) in [6, 6.07) is 10.4. The van der Waals surface area contributed by atoms with E-state index >= 15 is 0 Å². The Labute approximate surface area is 123 Å². The van der Waals surface area contributed by atoms with Crippen molar-refractivity contribution in [1.29, 1.82) is 0 Å². The van der Waals surface area contributed by atoms with Gasteiger partial charge in [-0.3, -0.25) is 4.79 Å². The predicted octanol–water partition coefficient (Wildman–Crippen LogP) is 3.90. The number of benzene rings is 2. The zero-order valence-electron chi connectivity index (χ0n) is 11.6. The van der Waals surface area contributed by atoms with Crippen molar-refractivity contribution in [2.45, 2.75) is 6.92 Å². The molecular formula is C16H15ClO3. The lowest BCUT2D eigenvalue weighted by Gasteiger charge is -2.10. The van der Waals surface area contributed by atoms with Crippen molar-refractivity contribution in [3.63, 3.8) is 0 Å². The number of hydrogen-bond donors (Lipinski definition) is 0. The fourth-order valence-electron chi connectivity index (χ4n) is 2.01. The Bertz CT molecular complexity index is 630. The van der Waals surface area contributed by atoms with Crippen LogP contribution >= 0.6 is 11.6 Å². The predicted molar refractivity (Wildman–Crippen MR) is 79.2 cm³/mol. The largest absolute Gasteiger partial charge is 0.497 e. The van der Waals surface area contributed by atoms with Gasteiger partial charge in [-0.25, -0.2) is 0 Å². The Morgan fingerprint density at radius 2 is 1.80 bits per heavy atom. The van der Waals surface area contributed by atoms with E-state index in [0.717, 1.165) is 5.56 Å². The van der Waals surface area contributed by atoms with Crippen molar-refractivity contribution in [1.82, 2.24) is 0 Å². The molecule has 0 bridgehead atoms. The summed E-state index contributed by atoms with van der Waals surface area (Å²) in [6.45, 7) is 1.89. The molecule has 0 heterocycles. The lowest BCUT2D eigenvalue weighted by atomic mass is 10.0. The molecule has 0 spiro atoms. The Morgan fingerprint density at radius 1 is 1.05 bits per heavy atom. The van der Waals surface area contributed by atoms with Gasteiger partial charge >= 0.3 is 0 Å². The molecule has 0 saturated heterocycles. The summed E-state index contributed by atoms with van der Waals surface area (Å²) in [7, 11) is 3.08. The maximum atomic E-state index is 12.6. The third kappa shape index (κ3) is 2.94. The molecule has 2 rings (SSSR count). The highest BCUT2D eigenvalue weighted by Crippen LogP contribution is 2.27. The summed E-state index contributed by atoms with van der Waals surface area (Å²) >= 11 is 6.01. The van der Waals surface area contributed by atoms with Crippen molar-refractivity contribution >= 4 is 17.4 Å². The van der Waals surface area contributed by atoms with Crippen LogP contribution in [0.5, 0.6) is 11.5 Å². The highest BCUT2D eigenvalue weighted by molar-refractivity contribution is 6.31. The molecule has 0 N–H and O–H groups in total. The average molecular weight is 291 g/mol. The first kappa shape index (κ1) is 14.4. The molecule has 0 aliphatic rings. The van der Waals surface area contributed by atoms with E-state index in [1.165, 1.54) is 7.11 Å². The zero-order chi connectivity index (χ0) is 14.7. The van der Waals surface area contributed by atoms with Crippen molar-refractivity contribution in [2.75, 3.05) is 14.2 Å². The van der Waals surface area contributed by atoms with Gasteiger partial charge in [-0.1, -0.05) is 11.6 Å². The van der Waals surface area contributed by atoms with Crippen LogP contribution in [0, 0.1) is 6.92 Å². The smallest absolute Gasteiger partial charge is 0.196 e. The van der Waals surface area contributed by atoms with Crippen LogP contribution in [0.2, 0.25) is 5.02 Å². The number of ketones is 1. The third-order valence-electron chi connectivity index (χ3n) is 2.96. The quantitative estimate of drug-likeness (QED) is 0.801. The van der Waals surface area contributed by atoms with Crippen molar-refractivity contribution in [3.05, 3.63) is 58.1 Å². The molecule has 0 unspecified atom stereocenters. The van der Waals surface area contributed by atoms with E-state index < -0.39 is 0 Å². The zero-order valence-corrected chi connectivity index (χ0v) is 12.3. The van der Waals surface area contributed by atoms with Crippen molar-refractivity contribution in [3.8, 4) is 11.5 Å². The van der Waals surface area contributed by atoms with Gasteiger partial charge in [0, 0.05) is 10.6 Å². The first-order valence-electron chi connectivity index (χ1n) is 6.09. The molecule has 0 aliphatic heterocycles. The summed E-state index contributed by atoms with van der Waals surface area (Å²) in [5.41, 5.74) is 1.91. The standard InChI is InChI=1S/C16H15ClO3/c1-10-6-11(8-12(17)7-10)16(18)14-9-13(19-2)4-5-15(14)20-3/h4-9H,1-3H3. The first-order chi connectivity index (χ1) is 9.55. The van der Waals surface area contributed by atoms with E-state index in [0.29, 0.717) is 27.6 Å². The molecule has 20 heavy (non-hydrogen) atoms. The highest BCUT2D eigenvalue weighted by atomic mass is 35.5. The number of halogens is 1. The van der Waals surface area contributed by atoms with Gasteiger partial charge in [0.1, 0.15) is 11.5 Å². The van der Waals surface area contributed by atoms with E-state index in [1.807, 2.05) is 6.92 Å². The van der Waals surface area contributed by atoms with Gasteiger partial charge in [0.25, 0.3) is 0 Å². The van der Waals surface area contributed by atoms with Crippen LogP contribution in [0.1, 0.15) is 21.5 Å². The third-order valence-corrected chi connectivity index (χ3v) is 3.17. The topological polar surface area (TPSA) is 35.5 Å². The van der Waals surface area contributed by atoms with Crippen LogP contribution in [-0.4, -0.2) is 20.0 Å². The minimum absolute atomic E-state index is 0.147. The van der Waals surface area contributed by atoms with Crippen LogP contribution in [0.25, 0.3) is 0 Å². The minimum atomic E-state index is -0.147. The fraction of sp³-hybridized carbons (Fsp3) is 0.188. The van der Waals surface area contributed by atoms with Gasteiger partial charge in [0.2, 0.25) is 0 Å². The van der Waals surface area contributed by atoms with Crippen LogP contribution in [0.4, 0.5) is 0 Å². The van der Waals surface area contributed by atoms with Crippen LogP contribution in [-0.2, 0) is 0 Å². The second-order valence-corrected chi connectivity index (χ2v) is 4.85. The lowest BCUT2D eigenvalue weighted by molar-refractivity contribution is 0.103. The fourth-order valence-corrected chi connectivity index (χ4v) is 2.30. The number of aryl methyl sites for hydroxylation is 1. The Morgan fingerprint density at radius 3 is 2.40 bits per heavy atom. The van der Waals surface area contributed by atoms with Crippen LogP contribution in [0.15, 0.2) is 36.4 Å². The monoisotopic (exact) mass is 290 g/mol. The number of carbonyl (C=O) groups is 1. The van der Waals surface area contributed by atoms with E-state index in [9.17, 15) is 4.79 Å². The lowest BCUT2D eigenvalue weighted by Crippen LogP contribution is -2.05. The van der Waals surface area contributed by atoms with Crippen LogP contribution < -0.4 is 9.47 Å². The highest BCUT2D eigenvalue weighted by Gasteiger charge is 2.16. The van der Waals surface area contributed by atoms with Gasteiger partial charge < -0.3 is 9.47 Å². The van der Waals surface area contributed by atoms with E-state index in [1.54, 1.807) is 43.5 Å². The molecule has 0 fully saturated rings. The average Bonchev–Trinajstić information content (AvgIpc) is 2.44. The number of ether oxygens (including phenoxy) is 2. The molecule has 2 aromatic carbocycles. The number of carbonyl (C=O) groups excluding carboxylic acids is 1. The second kappa shape index (κ2) is 5.97. The van der Waals surface area contributed by atoms with Gasteiger partial charge in [-0.2, -0.15) is 0 Å². The van der Waals surface area contributed by atoms with Gasteiger partial charge in [0.05, 0.1) is 19.8 Å². The van der Waals surface area contributed by atoms with Crippen molar-refractivity contribution in [2.24, 2.45) is 0 Å². The molecule has 4 heteroatoms. The molecule has 3 nitrogen and oxygen atoms in total. The molecule has 104 valence electrons. The van der Waals surface area contributed by atoms with E-state index in [2.05, 4.69) is 0 Å². The van der Waals surface area contributed by atoms with Crippen molar-refractivity contribution < 1.29 is 14.3 Å². The van der Waals surface area contributed by atoms with Gasteiger partial charge in [-0.05, 0) is 48.9 Å². The molecule has 0 aliphatic carbocycles. The number of hydrogen-bond acceptors (Lipinski definition) is 3. The molecule has 0 amide bonds. The maximum absolute atomic E-state index is 12.6. The van der Waals surface area contributed by atoms with Crippen LogP contribution in [0.3, 0.4) is 0 Å². The minimum Gasteiger partial charge on any atom is -0.497 e. The first-order valence-corrected chi connectivity index (χ1v) is 6.47. The van der Waals surface area contributed by atoms with Gasteiger partial charge in [0.15, 0.2) is 5.78 Å². The number of methoxy groups -OCH3 is 2. The van der Waals surface area contributed by atoms with E-state index in [4.69, 9.17) is 21.1 Å². The summed E-state index contributed by atoms with van der Waals surface area (Å²) in [5.74, 6) is 0.965. The molecule has 0 aromatic heterocycles. The van der Waals surface area contributed by atoms with Gasteiger partial charge in [-0.15, -0.1) is 0 Å². The molecule has 0 atom stereocenters. The summed E-state index contributed by atoms with van der Waals surface area (Å²) in [5, 5.41) is 0.537. The molecule has 0 radical (unpaired) electrons. The molecular weight excluding hydrogens is 276 g/mol. The Hall–Kier alpha value is -2.00. The molecule has 0 saturated carbocycles. The SMILES string of the molecule is COc1ccc(OC)c(C(=O)c2cc(C)cc(Cl)c2)c1. The maximum Gasteiger partial charge on any atom is 0.196 e. The second-order valence-electron chi connectivity index (χ2n) is 4.41. The summed E-state index contributed by atoms with van der Waals surface area (Å²) in [6.07, 6.45) is 0. The summed E-state index contributed by atoms with van der Waals surface area (Å²) in [4.78, 5) is 12.6. The Kier molecular flexibility index (Phi) is 4.30. The normalized spacial score (nSPS) is 10.2. The number of rotatable bonds is 4. The Balaban J connectivity index is 2.51. The summed E-state index contributed by atoms with van der Waals surface area (Å²) < 4.78 is 10.4. The molecule has 2 aromatic rings. The van der Waals surface area contributed by atoms with E-state index in [-0.39, 0.29) is 5.78 Å².